The van der Waals surface area contributed by atoms with Crippen LogP contribution < -0.4 is 15.4 Å². The molecule has 0 fully saturated rings. The number of nitrogens with one attached hydrogen (secondary N) is 2. The number of amides is 2. The Morgan fingerprint density at radius 1 is 1.19 bits per heavy atom. The summed E-state index contributed by atoms with van der Waals surface area (Å²) in [5, 5.41) is 16.3. The van der Waals surface area contributed by atoms with Gasteiger partial charge in [-0.1, -0.05) is 6.08 Å². The van der Waals surface area contributed by atoms with Crippen molar-refractivity contribution in [1.29, 1.82) is 0 Å². The van der Waals surface area contributed by atoms with Crippen molar-refractivity contribution in [3.05, 3.63) is 76.4 Å². The molecule has 0 radical (unpaired) electrons. The summed E-state index contributed by atoms with van der Waals surface area (Å²) in [7, 11) is 1.40. The first-order valence-corrected chi connectivity index (χ1v) is 7.59. The van der Waals surface area contributed by atoms with E-state index in [0.717, 1.165) is 0 Å². The van der Waals surface area contributed by atoms with E-state index in [1.54, 1.807) is 6.08 Å². The number of carbonyl (C=O) groups excluding carboxylic acids is 2. The zero-order valence-electron chi connectivity index (χ0n) is 14.0. The maximum absolute atomic E-state index is 12.4. The molecule has 26 heavy (non-hydrogen) atoms. The van der Waals surface area contributed by atoms with E-state index in [0.29, 0.717) is 23.5 Å². The van der Waals surface area contributed by atoms with E-state index in [4.69, 9.17) is 4.74 Å². The fraction of sp³-hybridized carbons (Fsp3) is 0.111. The Morgan fingerprint density at radius 3 is 2.46 bits per heavy atom. The summed E-state index contributed by atoms with van der Waals surface area (Å²) in [6, 6.07) is 10.1. The molecule has 0 aliphatic rings. The first kappa shape index (κ1) is 18.7. The van der Waals surface area contributed by atoms with Crippen LogP contribution in [0.3, 0.4) is 0 Å². The Balaban J connectivity index is 2.18. The molecule has 0 bridgehead atoms. The van der Waals surface area contributed by atoms with Crippen LogP contribution in [-0.4, -0.2) is 30.4 Å². The minimum atomic E-state index is -0.653. The largest absolute Gasteiger partial charge is 0.497 e. The first-order chi connectivity index (χ1) is 12.5. The topological polar surface area (TPSA) is 111 Å². The summed E-state index contributed by atoms with van der Waals surface area (Å²) in [5.74, 6) is -0.597. The number of nitrogens with zero attached hydrogens (tertiary/aromatic N) is 1. The smallest absolute Gasteiger partial charge is 0.282 e. The van der Waals surface area contributed by atoms with Gasteiger partial charge in [-0.25, -0.2) is 0 Å². The van der Waals surface area contributed by atoms with Gasteiger partial charge in [0, 0.05) is 23.9 Å². The van der Waals surface area contributed by atoms with Crippen molar-refractivity contribution in [3.63, 3.8) is 0 Å². The molecule has 2 N–H and O–H groups in total. The van der Waals surface area contributed by atoms with Gasteiger partial charge in [0.15, 0.2) is 0 Å². The maximum Gasteiger partial charge on any atom is 0.282 e. The zero-order valence-corrected chi connectivity index (χ0v) is 14.0. The molecule has 2 aromatic carbocycles. The van der Waals surface area contributed by atoms with Crippen LogP contribution in [0.15, 0.2) is 55.1 Å². The molecule has 8 heteroatoms. The van der Waals surface area contributed by atoms with Gasteiger partial charge in [-0.05, 0) is 36.4 Å². The second kappa shape index (κ2) is 8.43. The van der Waals surface area contributed by atoms with Crippen LogP contribution in [0.25, 0.3) is 0 Å². The van der Waals surface area contributed by atoms with Gasteiger partial charge in [-0.3, -0.25) is 19.7 Å². The SMILES string of the molecule is C=CCNC(=O)c1ccc(NC(=O)c2cc(OC)ccc2[N+](=O)[O-])cc1. The molecule has 2 rings (SSSR count). The number of benzene rings is 2. The Kier molecular flexibility index (Phi) is 6.05. The predicted molar refractivity (Wildman–Crippen MR) is 96.6 cm³/mol. The van der Waals surface area contributed by atoms with Gasteiger partial charge in [-0.2, -0.15) is 0 Å². The molecule has 0 saturated heterocycles. The Hall–Kier alpha value is -3.68. The quantitative estimate of drug-likeness (QED) is 0.451. The third-order valence-electron chi connectivity index (χ3n) is 3.46. The highest BCUT2D eigenvalue weighted by molar-refractivity contribution is 6.07. The highest BCUT2D eigenvalue weighted by Crippen LogP contribution is 2.25. The Morgan fingerprint density at radius 2 is 1.88 bits per heavy atom. The van der Waals surface area contributed by atoms with Gasteiger partial charge in [0.05, 0.1) is 12.0 Å². The van der Waals surface area contributed by atoms with Gasteiger partial charge in [0.1, 0.15) is 11.3 Å². The molecule has 8 nitrogen and oxygen atoms in total. The molecule has 0 unspecified atom stereocenters. The van der Waals surface area contributed by atoms with Crippen LogP contribution in [0, 0.1) is 10.1 Å². The van der Waals surface area contributed by atoms with E-state index >= 15 is 0 Å². The minimum absolute atomic E-state index is 0.123. The van der Waals surface area contributed by atoms with Gasteiger partial charge < -0.3 is 15.4 Å². The standard InChI is InChI=1S/C18H17N3O5/c1-3-10-19-17(22)12-4-6-13(7-5-12)20-18(23)15-11-14(26-2)8-9-16(15)21(24)25/h3-9,11H,1,10H2,2H3,(H,19,22)(H,20,23). The molecule has 0 saturated carbocycles. The van der Waals surface area contributed by atoms with Crippen LogP contribution in [0.4, 0.5) is 11.4 Å². The van der Waals surface area contributed by atoms with Crippen LogP contribution in [0.1, 0.15) is 20.7 Å². The van der Waals surface area contributed by atoms with Crippen molar-refractivity contribution >= 4 is 23.2 Å². The van der Waals surface area contributed by atoms with Crippen molar-refractivity contribution < 1.29 is 19.2 Å². The van der Waals surface area contributed by atoms with Crippen molar-refractivity contribution in [1.82, 2.24) is 5.32 Å². The van der Waals surface area contributed by atoms with Crippen LogP contribution in [0.5, 0.6) is 5.75 Å². The van der Waals surface area contributed by atoms with Gasteiger partial charge in [-0.15, -0.1) is 6.58 Å². The van der Waals surface area contributed by atoms with Gasteiger partial charge in [0.25, 0.3) is 17.5 Å². The monoisotopic (exact) mass is 355 g/mol. The number of anilines is 1. The average Bonchev–Trinajstić information content (AvgIpc) is 2.65. The number of hydrogen-bond donors (Lipinski definition) is 2. The van der Waals surface area contributed by atoms with E-state index in [-0.39, 0.29) is 17.2 Å². The zero-order chi connectivity index (χ0) is 19.1. The number of rotatable bonds is 7. The lowest BCUT2D eigenvalue weighted by Gasteiger charge is -2.08. The number of nitro groups is 1. The van der Waals surface area contributed by atoms with E-state index in [1.165, 1.54) is 49.6 Å². The lowest BCUT2D eigenvalue weighted by atomic mass is 10.1. The van der Waals surface area contributed by atoms with E-state index in [2.05, 4.69) is 17.2 Å². The lowest BCUT2D eigenvalue weighted by molar-refractivity contribution is -0.385. The summed E-state index contributed by atoms with van der Waals surface area (Å²) >= 11 is 0. The molecular weight excluding hydrogens is 338 g/mol. The van der Waals surface area contributed by atoms with Crippen molar-refractivity contribution in [2.75, 3.05) is 19.0 Å². The number of nitro benzene ring substituents is 1. The summed E-state index contributed by atoms with van der Waals surface area (Å²) in [6.45, 7) is 3.86. The number of carbonyl (C=O) groups is 2. The highest BCUT2D eigenvalue weighted by atomic mass is 16.6. The lowest BCUT2D eigenvalue weighted by Crippen LogP contribution is -2.23. The second-order valence-electron chi connectivity index (χ2n) is 5.17. The number of hydrogen-bond acceptors (Lipinski definition) is 5. The van der Waals surface area contributed by atoms with E-state index in [9.17, 15) is 19.7 Å². The Labute approximate surface area is 149 Å². The third kappa shape index (κ3) is 4.44. The number of ether oxygens (including phenoxy) is 1. The summed E-state index contributed by atoms with van der Waals surface area (Å²) in [6.07, 6.45) is 1.56. The van der Waals surface area contributed by atoms with Crippen LogP contribution in [0.2, 0.25) is 0 Å². The Bertz CT molecular complexity index is 846. The van der Waals surface area contributed by atoms with Crippen molar-refractivity contribution in [2.24, 2.45) is 0 Å². The van der Waals surface area contributed by atoms with E-state index < -0.39 is 10.8 Å². The van der Waals surface area contributed by atoms with Crippen molar-refractivity contribution in [3.8, 4) is 5.75 Å². The van der Waals surface area contributed by atoms with Gasteiger partial charge >= 0.3 is 0 Å². The summed E-state index contributed by atoms with van der Waals surface area (Å²) < 4.78 is 5.01. The molecule has 0 aromatic heterocycles. The molecule has 134 valence electrons. The van der Waals surface area contributed by atoms with Crippen molar-refractivity contribution in [2.45, 2.75) is 0 Å². The minimum Gasteiger partial charge on any atom is -0.497 e. The normalized spacial score (nSPS) is 9.88. The predicted octanol–water partition coefficient (Wildman–Crippen LogP) is 2.77. The molecule has 0 heterocycles. The molecule has 0 spiro atoms. The van der Waals surface area contributed by atoms with Crippen LogP contribution >= 0.6 is 0 Å². The molecule has 0 aliphatic carbocycles. The first-order valence-electron chi connectivity index (χ1n) is 7.59. The molecular formula is C18H17N3O5. The molecule has 0 aliphatic heterocycles. The van der Waals surface area contributed by atoms with Gasteiger partial charge in [0.2, 0.25) is 0 Å². The fourth-order valence-corrected chi connectivity index (χ4v) is 2.15. The highest BCUT2D eigenvalue weighted by Gasteiger charge is 2.21. The van der Waals surface area contributed by atoms with Crippen LogP contribution in [-0.2, 0) is 0 Å². The summed E-state index contributed by atoms with van der Waals surface area (Å²) in [4.78, 5) is 34.7. The average molecular weight is 355 g/mol. The number of methoxy groups -OCH3 is 1. The maximum atomic E-state index is 12.4. The molecule has 2 aromatic rings. The molecule has 2 amide bonds. The second-order valence-corrected chi connectivity index (χ2v) is 5.17. The molecule has 0 atom stereocenters. The van der Waals surface area contributed by atoms with E-state index in [1.807, 2.05) is 0 Å². The summed E-state index contributed by atoms with van der Waals surface area (Å²) in [5.41, 5.74) is 0.357. The third-order valence-corrected chi connectivity index (χ3v) is 3.46. The fourth-order valence-electron chi connectivity index (χ4n) is 2.15.